The number of amides is 1. The Hall–Kier alpha value is -2.60. The zero-order chi connectivity index (χ0) is 19.0. The fraction of sp³-hybridized carbons (Fsp3) is 0.350. The Kier molecular flexibility index (Phi) is 4.74. The van der Waals surface area contributed by atoms with E-state index in [0.29, 0.717) is 21.7 Å². The molecule has 1 aliphatic rings. The molecular weight excluding hydrogens is 364 g/mol. The number of nitrogens with one attached hydrogen (secondary N) is 2. The standard InChI is InChI=1S/C20H21ClN4O2/c1-25-19-16(17(24-25)12-7-9-13(21)10-8-12)18(26)15(11-22-19)20(27)23-14-5-3-2-4-6-14/h7-11,14H,2-6H2,1H3,(H,22,26)(H,23,27). The van der Waals surface area contributed by atoms with Gasteiger partial charge in [-0.1, -0.05) is 43.0 Å². The zero-order valence-electron chi connectivity index (χ0n) is 15.1. The van der Waals surface area contributed by atoms with Gasteiger partial charge in [-0.2, -0.15) is 5.10 Å². The third-order valence-corrected chi connectivity index (χ3v) is 5.43. The molecule has 1 amide bonds. The second-order valence-corrected chi connectivity index (χ2v) is 7.48. The van der Waals surface area contributed by atoms with Crippen LogP contribution in [-0.2, 0) is 7.05 Å². The number of carbonyl (C=O) groups excluding carboxylic acids is 1. The summed E-state index contributed by atoms with van der Waals surface area (Å²) in [5.74, 6) is -0.323. The number of rotatable bonds is 3. The molecule has 1 aromatic carbocycles. The molecule has 140 valence electrons. The summed E-state index contributed by atoms with van der Waals surface area (Å²) in [6, 6.07) is 7.29. The van der Waals surface area contributed by atoms with Crippen LogP contribution in [0.2, 0.25) is 5.02 Å². The van der Waals surface area contributed by atoms with Crippen LogP contribution in [0.15, 0.2) is 35.3 Å². The Morgan fingerprint density at radius 1 is 1.22 bits per heavy atom. The van der Waals surface area contributed by atoms with Gasteiger partial charge in [0.2, 0.25) is 5.43 Å². The molecule has 0 radical (unpaired) electrons. The van der Waals surface area contributed by atoms with Crippen molar-refractivity contribution in [2.24, 2.45) is 7.05 Å². The largest absolute Gasteiger partial charge is 0.349 e. The molecule has 0 unspecified atom stereocenters. The Morgan fingerprint density at radius 2 is 1.93 bits per heavy atom. The molecule has 1 aliphatic carbocycles. The number of nitrogens with zero attached hydrogens (tertiary/aromatic N) is 2. The molecule has 0 atom stereocenters. The highest BCUT2D eigenvalue weighted by Gasteiger charge is 2.22. The van der Waals surface area contributed by atoms with Crippen LogP contribution in [0.25, 0.3) is 22.3 Å². The number of hydrogen-bond acceptors (Lipinski definition) is 3. The predicted molar refractivity (Wildman–Crippen MR) is 106 cm³/mol. The fourth-order valence-electron chi connectivity index (χ4n) is 3.73. The minimum Gasteiger partial charge on any atom is -0.349 e. The lowest BCUT2D eigenvalue weighted by Gasteiger charge is -2.22. The maximum atomic E-state index is 13.1. The highest BCUT2D eigenvalue weighted by molar-refractivity contribution is 6.30. The van der Waals surface area contributed by atoms with Crippen LogP contribution in [0.4, 0.5) is 0 Å². The Labute approximate surface area is 161 Å². The third-order valence-electron chi connectivity index (χ3n) is 5.17. The van der Waals surface area contributed by atoms with Gasteiger partial charge in [0.05, 0.1) is 5.39 Å². The number of benzene rings is 1. The van der Waals surface area contributed by atoms with Crippen LogP contribution in [0.1, 0.15) is 42.5 Å². The second-order valence-electron chi connectivity index (χ2n) is 7.04. The van der Waals surface area contributed by atoms with E-state index in [4.69, 9.17) is 11.6 Å². The van der Waals surface area contributed by atoms with Crippen molar-refractivity contribution >= 4 is 28.5 Å². The highest BCUT2D eigenvalue weighted by Crippen LogP contribution is 2.26. The van der Waals surface area contributed by atoms with Crippen molar-refractivity contribution in [3.63, 3.8) is 0 Å². The molecule has 0 bridgehead atoms. The maximum Gasteiger partial charge on any atom is 0.256 e. The quantitative estimate of drug-likeness (QED) is 0.723. The van der Waals surface area contributed by atoms with E-state index in [-0.39, 0.29) is 22.9 Å². The molecule has 0 aliphatic heterocycles. The summed E-state index contributed by atoms with van der Waals surface area (Å²) in [6.45, 7) is 0. The molecule has 2 heterocycles. The second kappa shape index (κ2) is 7.19. The van der Waals surface area contributed by atoms with Gasteiger partial charge in [-0.05, 0) is 25.0 Å². The van der Waals surface area contributed by atoms with Crippen LogP contribution in [0.3, 0.4) is 0 Å². The zero-order valence-corrected chi connectivity index (χ0v) is 15.8. The van der Waals surface area contributed by atoms with Crippen LogP contribution in [0, 0.1) is 0 Å². The Bertz CT molecular complexity index is 1050. The summed E-state index contributed by atoms with van der Waals surface area (Å²) in [6.07, 6.45) is 6.85. The number of pyridine rings is 1. The number of halogens is 1. The predicted octanol–water partition coefficient (Wildman–Crippen LogP) is 3.64. The number of fused-ring (bicyclic) bond motifs is 1. The molecular formula is C20H21ClN4O2. The van der Waals surface area contributed by atoms with E-state index in [1.54, 1.807) is 23.9 Å². The van der Waals surface area contributed by atoms with E-state index in [1.165, 1.54) is 12.6 Å². The van der Waals surface area contributed by atoms with Gasteiger partial charge in [0.15, 0.2) is 0 Å². The minimum atomic E-state index is -0.323. The number of H-pyrrole nitrogens is 1. The molecule has 7 heteroatoms. The van der Waals surface area contributed by atoms with Gasteiger partial charge in [0, 0.05) is 29.9 Å². The lowest BCUT2D eigenvalue weighted by Crippen LogP contribution is -2.38. The summed E-state index contributed by atoms with van der Waals surface area (Å²) < 4.78 is 1.61. The first-order valence-corrected chi connectivity index (χ1v) is 9.57. The Balaban J connectivity index is 1.76. The number of aromatic amines is 1. The monoisotopic (exact) mass is 384 g/mol. The van der Waals surface area contributed by atoms with Gasteiger partial charge in [-0.3, -0.25) is 14.3 Å². The topological polar surface area (TPSA) is 79.8 Å². The van der Waals surface area contributed by atoms with Crippen molar-refractivity contribution in [3.8, 4) is 11.3 Å². The van der Waals surface area contributed by atoms with Crippen molar-refractivity contribution in [2.45, 2.75) is 38.1 Å². The maximum absolute atomic E-state index is 13.1. The lowest BCUT2D eigenvalue weighted by atomic mass is 9.95. The van der Waals surface area contributed by atoms with Crippen molar-refractivity contribution in [1.82, 2.24) is 20.1 Å². The Morgan fingerprint density at radius 3 is 2.63 bits per heavy atom. The molecule has 1 saturated carbocycles. The number of carbonyl (C=O) groups is 1. The van der Waals surface area contributed by atoms with Gasteiger partial charge >= 0.3 is 0 Å². The van der Waals surface area contributed by atoms with E-state index >= 15 is 0 Å². The van der Waals surface area contributed by atoms with E-state index in [1.807, 2.05) is 12.1 Å². The average Bonchev–Trinajstić information content (AvgIpc) is 3.01. The summed E-state index contributed by atoms with van der Waals surface area (Å²) in [7, 11) is 1.76. The molecule has 6 nitrogen and oxygen atoms in total. The van der Waals surface area contributed by atoms with Crippen molar-refractivity contribution in [1.29, 1.82) is 0 Å². The van der Waals surface area contributed by atoms with Gasteiger partial charge in [0.25, 0.3) is 5.91 Å². The van der Waals surface area contributed by atoms with Gasteiger partial charge < -0.3 is 10.3 Å². The van der Waals surface area contributed by atoms with Crippen molar-refractivity contribution in [2.75, 3.05) is 0 Å². The van der Waals surface area contributed by atoms with Crippen LogP contribution in [0.5, 0.6) is 0 Å². The summed E-state index contributed by atoms with van der Waals surface area (Å²) in [4.78, 5) is 28.9. The number of aryl methyl sites for hydroxylation is 1. The van der Waals surface area contributed by atoms with Crippen molar-refractivity contribution in [3.05, 3.63) is 51.3 Å². The summed E-state index contributed by atoms with van der Waals surface area (Å²) in [5.41, 5.74) is 1.71. The summed E-state index contributed by atoms with van der Waals surface area (Å²) in [5, 5.41) is 8.51. The normalized spacial score (nSPS) is 15.2. The van der Waals surface area contributed by atoms with Gasteiger partial charge in [-0.15, -0.1) is 0 Å². The van der Waals surface area contributed by atoms with E-state index in [0.717, 1.165) is 31.2 Å². The van der Waals surface area contributed by atoms with Gasteiger partial charge in [-0.25, -0.2) is 0 Å². The number of aromatic nitrogens is 3. The molecule has 2 N–H and O–H groups in total. The first-order chi connectivity index (χ1) is 13.0. The van der Waals surface area contributed by atoms with Crippen LogP contribution >= 0.6 is 11.6 Å². The van der Waals surface area contributed by atoms with E-state index < -0.39 is 0 Å². The molecule has 0 saturated heterocycles. The average molecular weight is 385 g/mol. The first kappa shape index (κ1) is 17.8. The van der Waals surface area contributed by atoms with Crippen LogP contribution in [-0.4, -0.2) is 26.7 Å². The lowest BCUT2D eigenvalue weighted by molar-refractivity contribution is 0.0926. The van der Waals surface area contributed by atoms with Crippen molar-refractivity contribution < 1.29 is 4.79 Å². The molecule has 2 aromatic heterocycles. The SMILES string of the molecule is Cn1nc(-c2ccc(Cl)cc2)c2c(=O)c(C(=O)NC3CCCCC3)c[nH]c21. The molecule has 0 spiro atoms. The highest BCUT2D eigenvalue weighted by atomic mass is 35.5. The fourth-order valence-corrected chi connectivity index (χ4v) is 3.86. The molecule has 4 rings (SSSR count). The molecule has 1 fully saturated rings. The summed E-state index contributed by atoms with van der Waals surface area (Å²) >= 11 is 5.97. The molecule has 3 aromatic rings. The molecule has 27 heavy (non-hydrogen) atoms. The minimum absolute atomic E-state index is 0.122. The smallest absolute Gasteiger partial charge is 0.256 e. The van der Waals surface area contributed by atoms with Gasteiger partial charge in [0.1, 0.15) is 16.9 Å². The van der Waals surface area contributed by atoms with E-state index in [2.05, 4.69) is 15.4 Å². The van der Waals surface area contributed by atoms with E-state index in [9.17, 15) is 9.59 Å². The number of hydrogen-bond donors (Lipinski definition) is 2. The first-order valence-electron chi connectivity index (χ1n) is 9.20. The third kappa shape index (κ3) is 3.37. The van der Waals surface area contributed by atoms with Crippen LogP contribution < -0.4 is 10.7 Å².